The van der Waals surface area contributed by atoms with Gasteiger partial charge in [-0.1, -0.05) is 35.9 Å². The Morgan fingerprint density at radius 2 is 2.04 bits per heavy atom. The minimum absolute atomic E-state index is 0.0755. The van der Waals surface area contributed by atoms with E-state index in [4.69, 9.17) is 0 Å². The first-order valence-electron chi connectivity index (χ1n) is 8.30. The summed E-state index contributed by atoms with van der Waals surface area (Å²) in [4.78, 5) is 16.5. The lowest BCUT2D eigenvalue weighted by atomic mass is 10.1. The highest BCUT2D eigenvalue weighted by Gasteiger charge is 2.11. The van der Waals surface area contributed by atoms with E-state index in [1.165, 1.54) is 17.3 Å². The van der Waals surface area contributed by atoms with E-state index in [1.54, 1.807) is 0 Å². The number of nitrogens with one attached hydrogen (secondary N) is 3. The van der Waals surface area contributed by atoms with Gasteiger partial charge in [-0.2, -0.15) is 5.10 Å². The van der Waals surface area contributed by atoms with E-state index in [1.807, 2.05) is 55.6 Å². The van der Waals surface area contributed by atoms with Gasteiger partial charge in [-0.3, -0.25) is 9.89 Å². The fourth-order valence-corrected chi connectivity index (χ4v) is 3.66. The van der Waals surface area contributed by atoms with Crippen molar-refractivity contribution in [2.75, 3.05) is 11.1 Å². The molecule has 5 nitrogen and oxygen atoms in total. The third kappa shape index (κ3) is 3.50. The van der Waals surface area contributed by atoms with Gasteiger partial charge in [0.1, 0.15) is 0 Å². The quantitative estimate of drug-likeness (QED) is 0.454. The number of benzene rings is 2. The van der Waals surface area contributed by atoms with E-state index in [2.05, 4.69) is 32.6 Å². The molecule has 0 saturated carbocycles. The van der Waals surface area contributed by atoms with Crippen LogP contribution in [-0.2, 0) is 4.79 Å². The number of hydrogen-bond donors (Lipinski definition) is 3. The van der Waals surface area contributed by atoms with Crippen molar-refractivity contribution in [3.05, 3.63) is 66.4 Å². The summed E-state index contributed by atoms with van der Waals surface area (Å²) in [7, 11) is 0. The molecule has 0 aliphatic rings. The van der Waals surface area contributed by atoms with Crippen molar-refractivity contribution < 1.29 is 4.79 Å². The van der Waals surface area contributed by atoms with Crippen molar-refractivity contribution >= 4 is 34.4 Å². The van der Waals surface area contributed by atoms with Gasteiger partial charge in [0.2, 0.25) is 5.91 Å². The van der Waals surface area contributed by atoms with Crippen molar-refractivity contribution in [3.63, 3.8) is 0 Å². The van der Waals surface area contributed by atoms with Crippen molar-refractivity contribution in [2.24, 2.45) is 0 Å². The molecule has 2 aromatic carbocycles. The highest BCUT2D eigenvalue weighted by atomic mass is 32.2. The van der Waals surface area contributed by atoms with Gasteiger partial charge in [-0.05, 0) is 25.1 Å². The maximum atomic E-state index is 12.2. The van der Waals surface area contributed by atoms with E-state index < -0.39 is 0 Å². The number of thioether (sulfide) groups is 1. The normalized spacial score (nSPS) is 11.0. The number of carbonyl (C=O) groups excluding carboxylic acids is 1. The highest BCUT2D eigenvalue weighted by Crippen LogP contribution is 2.28. The lowest BCUT2D eigenvalue weighted by Crippen LogP contribution is -2.14. The molecule has 2 aromatic heterocycles. The Bertz CT molecular complexity index is 1070. The molecule has 0 aliphatic heterocycles. The molecule has 0 fully saturated rings. The smallest absolute Gasteiger partial charge is 0.235 e. The fraction of sp³-hybridized carbons (Fsp3) is 0.100. The second-order valence-electron chi connectivity index (χ2n) is 6.07. The van der Waals surface area contributed by atoms with E-state index in [-0.39, 0.29) is 5.91 Å². The zero-order valence-corrected chi connectivity index (χ0v) is 15.1. The van der Waals surface area contributed by atoms with E-state index >= 15 is 0 Å². The Morgan fingerprint density at radius 1 is 1.15 bits per heavy atom. The predicted octanol–water partition coefficient (Wildman–Crippen LogP) is 4.60. The van der Waals surface area contributed by atoms with Gasteiger partial charge in [0.05, 0.1) is 11.4 Å². The van der Waals surface area contributed by atoms with Crippen molar-refractivity contribution in [2.45, 2.75) is 11.8 Å². The summed E-state index contributed by atoms with van der Waals surface area (Å²) < 4.78 is 0. The van der Waals surface area contributed by atoms with Crippen LogP contribution in [0.25, 0.3) is 22.2 Å². The Hall–Kier alpha value is -2.99. The molecule has 0 atom stereocenters. The molecule has 4 aromatic rings. The summed E-state index contributed by atoms with van der Waals surface area (Å²) in [6.45, 7) is 2.04. The number of H-pyrrole nitrogens is 2. The molecule has 0 spiro atoms. The number of anilines is 1. The largest absolute Gasteiger partial charge is 0.360 e. The van der Waals surface area contributed by atoms with Gasteiger partial charge in [0.25, 0.3) is 0 Å². The second kappa shape index (κ2) is 7.09. The summed E-state index contributed by atoms with van der Waals surface area (Å²) >= 11 is 1.51. The maximum Gasteiger partial charge on any atom is 0.235 e. The first-order chi connectivity index (χ1) is 12.7. The number of aryl methyl sites for hydroxylation is 1. The summed E-state index contributed by atoms with van der Waals surface area (Å²) in [5, 5.41) is 11.2. The van der Waals surface area contributed by atoms with Crippen LogP contribution in [0.3, 0.4) is 0 Å². The van der Waals surface area contributed by atoms with Gasteiger partial charge in [-0.25, -0.2) is 0 Å². The van der Waals surface area contributed by atoms with Gasteiger partial charge in [-0.15, -0.1) is 11.8 Å². The number of hydrogen-bond acceptors (Lipinski definition) is 3. The van der Waals surface area contributed by atoms with Crippen LogP contribution in [0.2, 0.25) is 0 Å². The van der Waals surface area contributed by atoms with Crippen LogP contribution in [0.15, 0.2) is 65.7 Å². The topological polar surface area (TPSA) is 73.6 Å². The van der Waals surface area contributed by atoms with Crippen LogP contribution >= 0.6 is 11.8 Å². The van der Waals surface area contributed by atoms with Gasteiger partial charge < -0.3 is 10.3 Å². The molecule has 0 radical (unpaired) electrons. The molecule has 1 amide bonds. The predicted molar refractivity (Wildman–Crippen MR) is 106 cm³/mol. The summed E-state index contributed by atoms with van der Waals surface area (Å²) in [5.41, 5.74) is 4.15. The molecule has 0 unspecified atom stereocenters. The Balaban J connectivity index is 1.42. The molecular weight excluding hydrogens is 344 g/mol. The standard InChI is InChI=1S/C20H18N4OS/c1-13-5-4-6-14(9-13)26-12-20(25)22-19-10-18(23-24-19)16-11-21-17-8-3-2-7-15(16)17/h2-11,21H,12H2,1H3,(H2,22,23,24,25). The fourth-order valence-electron chi connectivity index (χ4n) is 2.85. The second-order valence-corrected chi connectivity index (χ2v) is 7.12. The molecular formula is C20H18N4OS. The molecule has 130 valence electrons. The van der Waals surface area contributed by atoms with Crippen LogP contribution < -0.4 is 5.32 Å². The lowest BCUT2D eigenvalue weighted by molar-refractivity contribution is -0.113. The zero-order chi connectivity index (χ0) is 17.9. The zero-order valence-electron chi connectivity index (χ0n) is 14.2. The molecule has 3 N–H and O–H groups in total. The summed E-state index contributed by atoms with van der Waals surface area (Å²) in [6, 6.07) is 18.0. The number of nitrogens with zero attached hydrogens (tertiary/aromatic N) is 1. The third-order valence-corrected chi connectivity index (χ3v) is 5.08. The first kappa shape index (κ1) is 16.5. The molecule has 6 heteroatoms. The van der Waals surface area contributed by atoms with E-state index in [0.717, 1.165) is 27.1 Å². The van der Waals surface area contributed by atoms with Crippen molar-refractivity contribution in [1.82, 2.24) is 15.2 Å². The third-order valence-electron chi connectivity index (χ3n) is 4.08. The molecule has 0 bridgehead atoms. The Morgan fingerprint density at radius 3 is 2.92 bits per heavy atom. The summed E-state index contributed by atoms with van der Waals surface area (Å²) in [5.74, 6) is 0.798. The number of fused-ring (bicyclic) bond motifs is 1. The molecule has 0 saturated heterocycles. The number of aromatic nitrogens is 3. The number of amides is 1. The minimum atomic E-state index is -0.0755. The summed E-state index contributed by atoms with van der Waals surface area (Å²) in [6.07, 6.45) is 1.94. The van der Waals surface area contributed by atoms with Crippen LogP contribution in [0.5, 0.6) is 0 Å². The minimum Gasteiger partial charge on any atom is -0.360 e. The molecule has 26 heavy (non-hydrogen) atoms. The van der Waals surface area contributed by atoms with E-state index in [0.29, 0.717) is 11.6 Å². The maximum absolute atomic E-state index is 12.2. The van der Waals surface area contributed by atoms with Gasteiger partial charge in [0.15, 0.2) is 5.82 Å². The van der Waals surface area contributed by atoms with Crippen LogP contribution in [0.1, 0.15) is 5.56 Å². The molecule has 2 heterocycles. The van der Waals surface area contributed by atoms with Crippen molar-refractivity contribution in [3.8, 4) is 11.3 Å². The van der Waals surface area contributed by atoms with Gasteiger partial charge >= 0.3 is 0 Å². The Kier molecular flexibility index (Phi) is 4.50. The molecule has 4 rings (SSSR count). The van der Waals surface area contributed by atoms with Crippen LogP contribution in [-0.4, -0.2) is 26.8 Å². The van der Waals surface area contributed by atoms with Crippen LogP contribution in [0.4, 0.5) is 5.82 Å². The number of rotatable bonds is 5. The first-order valence-corrected chi connectivity index (χ1v) is 9.29. The number of aromatic amines is 2. The van der Waals surface area contributed by atoms with Crippen LogP contribution in [0, 0.1) is 6.92 Å². The van der Waals surface area contributed by atoms with E-state index in [9.17, 15) is 4.79 Å². The lowest BCUT2D eigenvalue weighted by Gasteiger charge is -2.03. The highest BCUT2D eigenvalue weighted by molar-refractivity contribution is 8.00. The number of carbonyl (C=O) groups is 1. The molecule has 0 aliphatic carbocycles. The number of para-hydroxylation sites is 1. The average molecular weight is 362 g/mol. The van der Waals surface area contributed by atoms with Crippen molar-refractivity contribution in [1.29, 1.82) is 0 Å². The average Bonchev–Trinajstić information content (AvgIpc) is 3.26. The Labute approximate surface area is 155 Å². The SMILES string of the molecule is Cc1cccc(SCC(=O)Nc2cc(-c3c[nH]c4ccccc34)[nH]n2)c1. The van der Waals surface area contributed by atoms with Gasteiger partial charge in [0, 0.05) is 33.6 Å². The monoisotopic (exact) mass is 362 g/mol.